The summed E-state index contributed by atoms with van der Waals surface area (Å²) in [5.74, 6) is 1.03. The van der Waals surface area contributed by atoms with Gasteiger partial charge in [0.2, 0.25) is 0 Å². The zero-order valence-electron chi connectivity index (χ0n) is 11.1. The zero-order chi connectivity index (χ0) is 12.2. The van der Waals surface area contributed by atoms with E-state index in [2.05, 4.69) is 51.2 Å². The number of hydrogen-bond acceptors (Lipinski definition) is 2. The first-order valence-electron chi connectivity index (χ1n) is 5.90. The van der Waals surface area contributed by atoms with E-state index < -0.39 is 0 Å². The maximum Gasteiger partial charge on any atom is 0.126 e. The van der Waals surface area contributed by atoms with Crippen LogP contribution >= 0.6 is 0 Å². The lowest BCUT2D eigenvalue weighted by atomic mass is 10.1. The second-order valence-corrected chi connectivity index (χ2v) is 5.10. The number of benzene rings is 1. The van der Waals surface area contributed by atoms with Gasteiger partial charge in [0.1, 0.15) is 5.75 Å². The van der Waals surface area contributed by atoms with E-state index in [9.17, 15) is 0 Å². The lowest BCUT2D eigenvalue weighted by Gasteiger charge is -2.22. The van der Waals surface area contributed by atoms with E-state index in [0.717, 1.165) is 12.3 Å². The predicted octanol–water partition coefficient (Wildman–Crippen LogP) is 3.28. The lowest BCUT2D eigenvalue weighted by molar-refractivity contribution is 0.330. The fraction of sp³-hybridized carbons (Fsp3) is 0.571. The van der Waals surface area contributed by atoms with E-state index in [1.165, 1.54) is 11.1 Å². The van der Waals surface area contributed by atoms with Crippen LogP contribution < -0.4 is 10.1 Å². The Hall–Kier alpha value is -1.02. The largest absolute Gasteiger partial charge is 0.493 e. The zero-order valence-corrected chi connectivity index (χ0v) is 11.1. The Morgan fingerprint density at radius 1 is 1.25 bits per heavy atom. The molecule has 1 rings (SSSR count). The number of aryl methyl sites for hydroxylation is 1. The van der Waals surface area contributed by atoms with E-state index in [1.807, 2.05) is 6.92 Å². The minimum Gasteiger partial charge on any atom is -0.493 e. The van der Waals surface area contributed by atoms with Crippen molar-refractivity contribution in [2.75, 3.05) is 6.61 Å². The standard InChI is InChI=1S/C14H23NO/c1-6-16-13-11(2)8-7-9-12(13)10-15-14(3,4)5/h7-9,15H,6,10H2,1-5H3. The Morgan fingerprint density at radius 3 is 2.50 bits per heavy atom. The van der Waals surface area contributed by atoms with E-state index in [4.69, 9.17) is 4.74 Å². The smallest absolute Gasteiger partial charge is 0.126 e. The molecule has 0 aliphatic heterocycles. The predicted molar refractivity (Wildman–Crippen MR) is 68.9 cm³/mol. The van der Waals surface area contributed by atoms with Crippen molar-refractivity contribution in [1.82, 2.24) is 5.32 Å². The Balaban J connectivity index is 2.82. The van der Waals surface area contributed by atoms with Gasteiger partial charge in [0, 0.05) is 17.6 Å². The monoisotopic (exact) mass is 221 g/mol. The van der Waals surface area contributed by atoms with Gasteiger partial charge in [-0.05, 0) is 40.2 Å². The molecule has 1 N–H and O–H groups in total. The van der Waals surface area contributed by atoms with Crippen LogP contribution in [0.4, 0.5) is 0 Å². The van der Waals surface area contributed by atoms with Crippen molar-refractivity contribution in [3.05, 3.63) is 29.3 Å². The average molecular weight is 221 g/mol. The van der Waals surface area contributed by atoms with Gasteiger partial charge in [-0.15, -0.1) is 0 Å². The maximum atomic E-state index is 5.69. The summed E-state index contributed by atoms with van der Waals surface area (Å²) in [6, 6.07) is 6.29. The summed E-state index contributed by atoms with van der Waals surface area (Å²) in [5, 5.41) is 3.48. The van der Waals surface area contributed by atoms with Gasteiger partial charge < -0.3 is 10.1 Å². The third kappa shape index (κ3) is 3.86. The van der Waals surface area contributed by atoms with Gasteiger partial charge in [-0.1, -0.05) is 18.2 Å². The molecular formula is C14H23NO. The Bertz CT molecular complexity index is 339. The Kier molecular flexibility index (Phi) is 4.36. The second-order valence-electron chi connectivity index (χ2n) is 5.10. The molecule has 0 bridgehead atoms. The molecular weight excluding hydrogens is 198 g/mol. The second kappa shape index (κ2) is 5.35. The summed E-state index contributed by atoms with van der Waals surface area (Å²) >= 11 is 0. The minimum absolute atomic E-state index is 0.132. The molecule has 0 radical (unpaired) electrons. The van der Waals surface area contributed by atoms with E-state index in [0.29, 0.717) is 6.61 Å². The van der Waals surface area contributed by atoms with Crippen molar-refractivity contribution in [2.45, 2.75) is 46.7 Å². The highest BCUT2D eigenvalue weighted by Crippen LogP contribution is 2.23. The number of para-hydroxylation sites is 1. The van der Waals surface area contributed by atoms with Crippen molar-refractivity contribution in [3.63, 3.8) is 0 Å². The summed E-state index contributed by atoms with van der Waals surface area (Å²) in [4.78, 5) is 0. The third-order valence-electron chi connectivity index (χ3n) is 2.39. The number of hydrogen-bond donors (Lipinski definition) is 1. The summed E-state index contributed by atoms with van der Waals surface area (Å²) in [5.41, 5.74) is 2.57. The maximum absolute atomic E-state index is 5.69. The van der Waals surface area contributed by atoms with Crippen LogP contribution in [0.2, 0.25) is 0 Å². The molecule has 0 saturated carbocycles. The molecule has 2 nitrogen and oxygen atoms in total. The van der Waals surface area contributed by atoms with E-state index in [1.54, 1.807) is 0 Å². The fourth-order valence-corrected chi connectivity index (χ4v) is 1.56. The topological polar surface area (TPSA) is 21.3 Å². The summed E-state index contributed by atoms with van der Waals surface area (Å²) in [7, 11) is 0. The van der Waals surface area contributed by atoms with Crippen molar-refractivity contribution in [3.8, 4) is 5.75 Å². The molecule has 16 heavy (non-hydrogen) atoms. The van der Waals surface area contributed by atoms with Crippen LogP contribution in [-0.4, -0.2) is 12.1 Å². The third-order valence-corrected chi connectivity index (χ3v) is 2.39. The van der Waals surface area contributed by atoms with Gasteiger partial charge in [-0.25, -0.2) is 0 Å². The van der Waals surface area contributed by atoms with E-state index in [-0.39, 0.29) is 5.54 Å². The van der Waals surface area contributed by atoms with Crippen molar-refractivity contribution < 1.29 is 4.74 Å². The van der Waals surface area contributed by atoms with Crippen LogP contribution in [0.3, 0.4) is 0 Å². The first-order valence-corrected chi connectivity index (χ1v) is 5.90. The van der Waals surface area contributed by atoms with Crippen LogP contribution in [-0.2, 0) is 6.54 Å². The highest BCUT2D eigenvalue weighted by Gasteiger charge is 2.11. The Morgan fingerprint density at radius 2 is 1.94 bits per heavy atom. The van der Waals surface area contributed by atoms with Crippen molar-refractivity contribution in [2.24, 2.45) is 0 Å². The van der Waals surface area contributed by atoms with Gasteiger partial charge in [0.15, 0.2) is 0 Å². The lowest BCUT2D eigenvalue weighted by Crippen LogP contribution is -2.35. The molecule has 0 aliphatic carbocycles. The fourth-order valence-electron chi connectivity index (χ4n) is 1.56. The molecule has 0 aliphatic rings. The van der Waals surface area contributed by atoms with Crippen molar-refractivity contribution in [1.29, 1.82) is 0 Å². The summed E-state index contributed by atoms with van der Waals surface area (Å²) in [6.45, 7) is 12.2. The molecule has 1 aromatic carbocycles. The molecule has 0 heterocycles. The minimum atomic E-state index is 0.132. The first-order chi connectivity index (χ1) is 7.44. The van der Waals surface area contributed by atoms with Crippen LogP contribution in [0.25, 0.3) is 0 Å². The Labute approximate surface area is 99.0 Å². The van der Waals surface area contributed by atoms with Crippen LogP contribution in [0.15, 0.2) is 18.2 Å². The highest BCUT2D eigenvalue weighted by atomic mass is 16.5. The molecule has 0 saturated heterocycles. The molecule has 0 unspecified atom stereocenters. The summed E-state index contributed by atoms with van der Waals surface area (Å²) < 4.78 is 5.69. The molecule has 1 aromatic rings. The van der Waals surface area contributed by atoms with Gasteiger partial charge in [0.25, 0.3) is 0 Å². The highest BCUT2D eigenvalue weighted by molar-refractivity contribution is 5.40. The van der Waals surface area contributed by atoms with Crippen LogP contribution in [0.5, 0.6) is 5.75 Å². The molecule has 90 valence electrons. The molecule has 0 amide bonds. The van der Waals surface area contributed by atoms with Gasteiger partial charge in [-0.2, -0.15) is 0 Å². The SMILES string of the molecule is CCOc1c(C)cccc1CNC(C)(C)C. The first kappa shape index (κ1) is 13.0. The average Bonchev–Trinajstić information content (AvgIpc) is 2.18. The number of ether oxygens (including phenoxy) is 1. The van der Waals surface area contributed by atoms with E-state index >= 15 is 0 Å². The molecule has 0 atom stereocenters. The number of nitrogens with one attached hydrogen (secondary N) is 1. The van der Waals surface area contributed by atoms with Crippen molar-refractivity contribution >= 4 is 0 Å². The van der Waals surface area contributed by atoms with Crippen LogP contribution in [0.1, 0.15) is 38.8 Å². The molecule has 0 aromatic heterocycles. The van der Waals surface area contributed by atoms with Gasteiger partial charge in [-0.3, -0.25) is 0 Å². The summed E-state index contributed by atoms with van der Waals surface area (Å²) in [6.07, 6.45) is 0. The molecule has 0 fully saturated rings. The normalized spacial score (nSPS) is 11.6. The van der Waals surface area contributed by atoms with Crippen LogP contribution in [0, 0.1) is 6.92 Å². The molecule has 2 heteroatoms. The van der Waals surface area contributed by atoms with Gasteiger partial charge >= 0.3 is 0 Å². The quantitative estimate of drug-likeness (QED) is 0.842. The van der Waals surface area contributed by atoms with Gasteiger partial charge in [0.05, 0.1) is 6.61 Å². The number of rotatable bonds is 4. The molecule has 0 spiro atoms.